The van der Waals surface area contributed by atoms with Crippen LogP contribution in [0.2, 0.25) is 0 Å². The minimum absolute atomic E-state index is 0.590. The van der Waals surface area contributed by atoms with Gasteiger partial charge in [0.15, 0.2) is 0 Å². The Morgan fingerprint density at radius 2 is 2.00 bits per heavy atom. The Kier molecular flexibility index (Phi) is 1.62. The fraction of sp³-hybridized carbons (Fsp3) is 0.250. The molecule has 2 N–H and O–H groups in total. The predicted octanol–water partition coefficient (Wildman–Crippen LogP) is 0.808. The van der Waals surface area contributed by atoms with E-state index in [4.69, 9.17) is 10.7 Å². The Balaban J connectivity index is 2.34. The molecule has 0 aromatic heterocycles. The van der Waals surface area contributed by atoms with Crippen LogP contribution in [-0.4, -0.2) is 5.17 Å². The molecule has 0 radical (unpaired) electrons. The number of hydrogen-bond acceptors (Lipinski definition) is 3. The molecule has 0 bridgehead atoms. The second kappa shape index (κ2) is 2.62. The smallest absolute Gasteiger partial charge is 0.0955 e. The van der Waals surface area contributed by atoms with E-state index in [1.807, 2.05) is 12.1 Å². The first kappa shape index (κ1) is 6.79. The van der Waals surface area contributed by atoms with Crippen molar-refractivity contribution in [2.24, 2.45) is 5.84 Å². The third kappa shape index (κ3) is 1.26. The van der Waals surface area contributed by atoms with E-state index >= 15 is 0 Å². The van der Waals surface area contributed by atoms with Gasteiger partial charge in [-0.15, -0.1) is 5.17 Å². The van der Waals surface area contributed by atoms with Crippen molar-refractivity contribution in [2.75, 3.05) is 0 Å². The van der Waals surface area contributed by atoms with Crippen LogP contribution in [0.15, 0.2) is 24.3 Å². The van der Waals surface area contributed by atoms with Gasteiger partial charge in [0.05, 0.1) is 13.2 Å². The molecule has 58 valence electrons. The summed E-state index contributed by atoms with van der Waals surface area (Å²) in [5.74, 6) is 5.46. The monoisotopic (exact) mass is 150 g/mol. The van der Waals surface area contributed by atoms with Crippen molar-refractivity contribution in [3.8, 4) is 0 Å². The molecule has 0 fully saturated rings. The van der Waals surface area contributed by atoms with Crippen LogP contribution < -0.4 is 5.84 Å². The van der Waals surface area contributed by atoms with E-state index < -0.39 is 0 Å². The molecule has 0 unspecified atom stereocenters. The fourth-order valence-corrected chi connectivity index (χ4v) is 1.22. The highest BCUT2D eigenvalue weighted by molar-refractivity contribution is 5.26. The first-order valence-electron chi connectivity index (χ1n) is 3.58. The zero-order valence-corrected chi connectivity index (χ0v) is 6.16. The van der Waals surface area contributed by atoms with Crippen molar-refractivity contribution in [2.45, 2.75) is 13.2 Å². The van der Waals surface area contributed by atoms with E-state index in [2.05, 4.69) is 12.1 Å². The molecule has 1 aliphatic rings. The average Bonchev–Trinajstić information content (AvgIpc) is 2.04. The molecular weight excluding hydrogens is 140 g/mol. The van der Waals surface area contributed by atoms with Crippen LogP contribution >= 0.6 is 0 Å². The summed E-state index contributed by atoms with van der Waals surface area (Å²) in [4.78, 5) is 5.12. The number of rotatable bonds is 0. The SMILES string of the molecule is NN1Cc2ccccc2CO1. The Morgan fingerprint density at radius 1 is 1.27 bits per heavy atom. The van der Waals surface area contributed by atoms with Crippen LogP contribution in [0.25, 0.3) is 0 Å². The number of hydrazine groups is 1. The first-order valence-corrected chi connectivity index (χ1v) is 3.58. The number of nitrogens with two attached hydrogens (primary N) is 1. The maximum Gasteiger partial charge on any atom is 0.0955 e. The van der Waals surface area contributed by atoms with E-state index in [9.17, 15) is 0 Å². The van der Waals surface area contributed by atoms with Crippen LogP contribution in [0.3, 0.4) is 0 Å². The van der Waals surface area contributed by atoms with Crippen molar-refractivity contribution >= 4 is 0 Å². The molecule has 3 heteroatoms. The molecule has 0 saturated carbocycles. The largest absolute Gasteiger partial charge is 0.279 e. The van der Waals surface area contributed by atoms with E-state index in [1.54, 1.807) is 0 Å². The molecule has 3 nitrogen and oxygen atoms in total. The maximum absolute atomic E-state index is 5.46. The van der Waals surface area contributed by atoms with Crippen molar-refractivity contribution in [1.82, 2.24) is 5.17 Å². The van der Waals surface area contributed by atoms with Gasteiger partial charge in [-0.1, -0.05) is 24.3 Å². The summed E-state index contributed by atoms with van der Waals surface area (Å²) in [5, 5.41) is 1.36. The summed E-state index contributed by atoms with van der Waals surface area (Å²) in [6.07, 6.45) is 0. The third-order valence-electron chi connectivity index (χ3n) is 1.83. The van der Waals surface area contributed by atoms with Gasteiger partial charge in [0.25, 0.3) is 0 Å². The second-order valence-electron chi connectivity index (χ2n) is 2.62. The number of hydroxylamine groups is 1. The molecule has 1 aliphatic heterocycles. The summed E-state index contributed by atoms with van der Waals surface area (Å²) in [6, 6.07) is 8.15. The third-order valence-corrected chi connectivity index (χ3v) is 1.83. The van der Waals surface area contributed by atoms with E-state index in [0.29, 0.717) is 13.2 Å². The van der Waals surface area contributed by atoms with E-state index in [0.717, 1.165) is 0 Å². The van der Waals surface area contributed by atoms with Crippen LogP contribution in [0.5, 0.6) is 0 Å². The lowest BCUT2D eigenvalue weighted by molar-refractivity contribution is -0.189. The van der Waals surface area contributed by atoms with Gasteiger partial charge in [-0.2, -0.15) is 0 Å². The minimum atomic E-state index is 0.590. The van der Waals surface area contributed by atoms with Crippen LogP contribution in [0.4, 0.5) is 0 Å². The van der Waals surface area contributed by atoms with E-state index in [-0.39, 0.29) is 0 Å². The maximum atomic E-state index is 5.46. The Hall–Kier alpha value is -0.900. The summed E-state index contributed by atoms with van der Waals surface area (Å²) in [5.41, 5.74) is 2.48. The summed E-state index contributed by atoms with van der Waals surface area (Å²) >= 11 is 0. The van der Waals surface area contributed by atoms with Crippen molar-refractivity contribution < 1.29 is 4.84 Å². The molecule has 0 saturated heterocycles. The highest BCUT2D eigenvalue weighted by Crippen LogP contribution is 2.16. The fourth-order valence-electron chi connectivity index (χ4n) is 1.22. The lowest BCUT2D eigenvalue weighted by Crippen LogP contribution is -2.34. The number of fused-ring (bicyclic) bond motifs is 1. The van der Waals surface area contributed by atoms with Gasteiger partial charge in [-0.05, 0) is 11.1 Å². The lowest BCUT2D eigenvalue weighted by Gasteiger charge is -2.23. The predicted molar refractivity (Wildman–Crippen MR) is 41.0 cm³/mol. The average molecular weight is 150 g/mol. The van der Waals surface area contributed by atoms with E-state index in [1.165, 1.54) is 16.3 Å². The van der Waals surface area contributed by atoms with Gasteiger partial charge in [0.1, 0.15) is 0 Å². The second-order valence-corrected chi connectivity index (χ2v) is 2.62. The van der Waals surface area contributed by atoms with Crippen molar-refractivity contribution in [3.05, 3.63) is 35.4 Å². The van der Waals surface area contributed by atoms with Crippen molar-refractivity contribution in [3.63, 3.8) is 0 Å². The minimum Gasteiger partial charge on any atom is -0.279 e. The molecule has 2 rings (SSSR count). The van der Waals surface area contributed by atoms with Gasteiger partial charge in [-0.25, -0.2) is 5.84 Å². The summed E-state index contributed by atoms with van der Waals surface area (Å²) in [6.45, 7) is 1.27. The molecular formula is C8H10N2O. The van der Waals surface area contributed by atoms with Gasteiger partial charge >= 0.3 is 0 Å². The molecule has 0 spiro atoms. The summed E-state index contributed by atoms with van der Waals surface area (Å²) < 4.78 is 0. The number of nitrogens with zero attached hydrogens (tertiary/aromatic N) is 1. The Bertz CT molecular complexity index is 262. The Labute approximate surface area is 65.3 Å². The van der Waals surface area contributed by atoms with Crippen LogP contribution in [-0.2, 0) is 18.0 Å². The normalized spacial score (nSPS) is 17.9. The molecule has 0 amide bonds. The van der Waals surface area contributed by atoms with Gasteiger partial charge in [0, 0.05) is 0 Å². The molecule has 0 aliphatic carbocycles. The van der Waals surface area contributed by atoms with Gasteiger partial charge in [0.2, 0.25) is 0 Å². The zero-order chi connectivity index (χ0) is 7.68. The summed E-state index contributed by atoms with van der Waals surface area (Å²) in [7, 11) is 0. The van der Waals surface area contributed by atoms with Crippen LogP contribution in [0, 0.1) is 0 Å². The lowest BCUT2D eigenvalue weighted by atomic mass is 10.1. The standard InChI is InChI=1S/C8H10N2O/c9-10-5-7-3-1-2-4-8(7)6-11-10/h1-4H,5-6,9H2. The van der Waals surface area contributed by atoms with Crippen LogP contribution in [0.1, 0.15) is 11.1 Å². The highest BCUT2D eigenvalue weighted by atomic mass is 16.7. The quantitative estimate of drug-likeness (QED) is 0.556. The number of hydrogen-bond donors (Lipinski definition) is 1. The van der Waals surface area contributed by atoms with Crippen molar-refractivity contribution in [1.29, 1.82) is 0 Å². The molecule has 11 heavy (non-hydrogen) atoms. The topological polar surface area (TPSA) is 38.5 Å². The van der Waals surface area contributed by atoms with Gasteiger partial charge in [-0.3, -0.25) is 4.84 Å². The molecule has 1 heterocycles. The van der Waals surface area contributed by atoms with Gasteiger partial charge < -0.3 is 0 Å². The number of benzene rings is 1. The molecule has 1 aromatic rings. The highest BCUT2D eigenvalue weighted by Gasteiger charge is 2.12. The Morgan fingerprint density at radius 3 is 2.82 bits per heavy atom. The molecule has 0 atom stereocenters. The first-order chi connectivity index (χ1) is 5.36. The molecule has 1 aromatic carbocycles. The zero-order valence-electron chi connectivity index (χ0n) is 6.16.